The van der Waals surface area contributed by atoms with E-state index in [9.17, 15) is 14.4 Å². The summed E-state index contributed by atoms with van der Waals surface area (Å²) >= 11 is 0. The molecular formula is C22H27N5O4. The molecule has 5 rings (SSSR count). The largest absolute Gasteiger partial charge is 0.459 e. The number of carbonyl (C=O) groups excluding carboxylic acids is 3. The van der Waals surface area contributed by atoms with Crippen molar-refractivity contribution in [1.82, 2.24) is 19.8 Å². The third-order valence-electron chi connectivity index (χ3n) is 6.95. The number of carbonyl (C=O) groups is 3. The van der Waals surface area contributed by atoms with Gasteiger partial charge in [-0.2, -0.15) is 0 Å². The van der Waals surface area contributed by atoms with E-state index in [4.69, 9.17) is 4.74 Å². The maximum atomic E-state index is 13.0. The Labute approximate surface area is 181 Å². The molecule has 9 nitrogen and oxygen atoms in total. The summed E-state index contributed by atoms with van der Waals surface area (Å²) < 4.78 is 5.53. The number of amides is 2. The van der Waals surface area contributed by atoms with Gasteiger partial charge in [0, 0.05) is 52.0 Å². The van der Waals surface area contributed by atoms with Crippen LogP contribution < -0.4 is 4.90 Å². The Kier molecular flexibility index (Phi) is 5.21. The summed E-state index contributed by atoms with van der Waals surface area (Å²) in [6.45, 7) is 5.03. The van der Waals surface area contributed by atoms with Crippen LogP contribution in [0.1, 0.15) is 13.3 Å². The molecule has 0 radical (unpaired) electrons. The van der Waals surface area contributed by atoms with Crippen molar-refractivity contribution >= 4 is 23.7 Å². The number of nitrogens with zero attached hydrogens (tertiary/aromatic N) is 5. The fourth-order valence-electron chi connectivity index (χ4n) is 5.59. The topological polar surface area (TPSA) is 95.9 Å². The van der Waals surface area contributed by atoms with E-state index in [1.807, 2.05) is 0 Å². The minimum atomic E-state index is -0.533. The fraction of sp³-hybridized carbons (Fsp3) is 0.591. The fourth-order valence-corrected chi connectivity index (χ4v) is 5.59. The van der Waals surface area contributed by atoms with Crippen LogP contribution >= 0.6 is 0 Å². The minimum Gasteiger partial charge on any atom is -0.459 e. The first-order chi connectivity index (χ1) is 15.0. The lowest BCUT2D eigenvalue weighted by atomic mass is 9.85. The molecule has 2 amide bonds. The number of aromatic nitrogens is 2. The molecule has 0 aromatic carbocycles. The molecule has 1 saturated carbocycles. The van der Waals surface area contributed by atoms with Crippen molar-refractivity contribution in [1.29, 1.82) is 0 Å². The van der Waals surface area contributed by atoms with Gasteiger partial charge >= 0.3 is 5.97 Å². The number of piperazine rings is 1. The number of rotatable bonds is 6. The van der Waals surface area contributed by atoms with Crippen molar-refractivity contribution in [3.05, 3.63) is 30.6 Å². The molecule has 5 unspecified atom stereocenters. The van der Waals surface area contributed by atoms with Crippen LogP contribution in [0, 0.1) is 23.7 Å². The maximum absolute atomic E-state index is 13.0. The van der Waals surface area contributed by atoms with Gasteiger partial charge in [-0.05, 0) is 24.3 Å². The quantitative estimate of drug-likeness (QED) is 0.366. The lowest BCUT2D eigenvalue weighted by molar-refractivity contribution is -0.153. The number of likely N-dealkylation sites (tertiary alicyclic amines) is 1. The average molecular weight is 425 g/mol. The van der Waals surface area contributed by atoms with Gasteiger partial charge in [0.25, 0.3) is 0 Å². The van der Waals surface area contributed by atoms with E-state index >= 15 is 0 Å². The van der Waals surface area contributed by atoms with Crippen molar-refractivity contribution in [2.75, 3.05) is 44.2 Å². The molecule has 9 heteroatoms. The first-order valence-corrected chi connectivity index (χ1v) is 11.0. The molecular weight excluding hydrogens is 398 g/mol. The SMILES string of the molecule is CC(=O)OC(CN1CCN(c2ncccn2)CC1)CN1C(=O)C2C3C=CC(C3)C2C1=O. The molecule has 2 saturated heterocycles. The predicted octanol–water partition coefficient (Wildman–Crippen LogP) is 0.337. The van der Waals surface area contributed by atoms with Crippen molar-refractivity contribution < 1.29 is 19.1 Å². The van der Waals surface area contributed by atoms with Crippen molar-refractivity contribution in [3.8, 4) is 0 Å². The van der Waals surface area contributed by atoms with Crippen LogP contribution in [0.2, 0.25) is 0 Å². The summed E-state index contributed by atoms with van der Waals surface area (Å²) in [7, 11) is 0. The highest BCUT2D eigenvalue weighted by Crippen LogP contribution is 2.52. The first-order valence-electron chi connectivity index (χ1n) is 11.0. The number of imide groups is 1. The molecule has 2 aliphatic carbocycles. The second-order valence-electron chi connectivity index (χ2n) is 8.85. The second kappa shape index (κ2) is 8.03. The number of hydrogen-bond acceptors (Lipinski definition) is 8. The summed E-state index contributed by atoms with van der Waals surface area (Å²) in [5.41, 5.74) is 0. The van der Waals surface area contributed by atoms with E-state index in [2.05, 4.69) is 31.9 Å². The molecule has 164 valence electrons. The Hall–Kier alpha value is -2.81. The Bertz CT molecular complexity index is 868. The number of hydrogen-bond donors (Lipinski definition) is 0. The summed E-state index contributed by atoms with van der Waals surface area (Å²) in [6, 6.07) is 1.79. The molecule has 4 aliphatic rings. The molecule has 1 aromatic rings. The number of ether oxygens (including phenoxy) is 1. The summed E-state index contributed by atoms with van der Waals surface area (Å²) in [4.78, 5) is 52.0. The summed E-state index contributed by atoms with van der Waals surface area (Å²) in [5, 5.41) is 0. The smallest absolute Gasteiger partial charge is 0.303 e. The van der Waals surface area contributed by atoms with Gasteiger partial charge in [0.1, 0.15) is 6.10 Å². The van der Waals surface area contributed by atoms with Crippen LogP contribution in [0.25, 0.3) is 0 Å². The van der Waals surface area contributed by atoms with Crippen molar-refractivity contribution in [2.45, 2.75) is 19.4 Å². The van der Waals surface area contributed by atoms with Gasteiger partial charge < -0.3 is 9.64 Å². The Morgan fingerprint density at radius 2 is 1.65 bits per heavy atom. The Balaban J connectivity index is 1.21. The van der Waals surface area contributed by atoms with Gasteiger partial charge in [0.2, 0.25) is 17.8 Å². The zero-order valence-corrected chi connectivity index (χ0v) is 17.6. The molecule has 5 atom stereocenters. The van der Waals surface area contributed by atoms with Crippen molar-refractivity contribution in [3.63, 3.8) is 0 Å². The van der Waals surface area contributed by atoms with Gasteiger partial charge in [-0.3, -0.25) is 24.2 Å². The zero-order valence-electron chi connectivity index (χ0n) is 17.6. The van der Waals surface area contributed by atoms with Crippen LogP contribution in [-0.4, -0.2) is 82.9 Å². The van der Waals surface area contributed by atoms with Gasteiger partial charge in [-0.15, -0.1) is 0 Å². The van der Waals surface area contributed by atoms with E-state index in [1.54, 1.807) is 18.5 Å². The minimum absolute atomic E-state index is 0.102. The highest BCUT2D eigenvalue weighted by atomic mass is 16.5. The monoisotopic (exact) mass is 425 g/mol. The van der Waals surface area contributed by atoms with Crippen LogP contribution in [0.4, 0.5) is 5.95 Å². The first kappa shape index (κ1) is 20.1. The molecule has 1 aromatic heterocycles. The number of anilines is 1. The lowest BCUT2D eigenvalue weighted by Crippen LogP contribution is -2.51. The molecule has 3 fully saturated rings. The predicted molar refractivity (Wildman–Crippen MR) is 111 cm³/mol. The Morgan fingerprint density at radius 1 is 1.03 bits per heavy atom. The van der Waals surface area contributed by atoms with Crippen LogP contribution in [0.3, 0.4) is 0 Å². The Morgan fingerprint density at radius 3 is 2.23 bits per heavy atom. The highest BCUT2D eigenvalue weighted by Gasteiger charge is 2.59. The third-order valence-corrected chi connectivity index (χ3v) is 6.95. The van der Waals surface area contributed by atoms with Gasteiger partial charge in [-0.1, -0.05) is 12.2 Å². The highest BCUT2D eigenvalue weighted by molar-refractivity contribution is 6.06. The van der Waals surface area contributed by atoms with Crippen LogP contribution in [-0.2, 0) is 19.1 Å². The molecule has 2 bridgehead atoms. The van der Waals surface area contributed by atoms with E-state index in [1.165, 1.54) is 11.8 Å². The second-order valence-corrected chi connectivity index (χ2v) is 8.85. The van der Waals surface area contributed by atoms with Crippen LogP contribution in [0.15, 0.2) is 30.6 Å². The molecule has 0 spiro atoms. The number of fused-ring (bicyclic) bond motifs is 5. The average Bonchev–Trinajstić information content (AvgIpc) is 3.45. The number of esters is 1. The van der Waals surface area contributed by atoms with E-state index in [0.717, 1.165) is 32.6 Å². The maximum Gasteiger partial charge on any atom is 0.303 e. The van der Waals surface area contributed by atoms with Gasteiger partial charge in [0.15, 0.2) is 0 Å². The molecule has 0 N–H and O–H groups in total. The summed E-state index contributed by atoms with van der Waals surface area (Å²) in [5.74, 6) is 0.00720. The molecule has 3 heterocycles. The zero-order chi connectivity index (χ0) is 21.5. The van der Waals surface area contributed by atoms with E-state index in [0.29, 0.717) is 12.5 Å². The molecule has 31 heavy (non-hydrogen) atoms. The summed E-state index contributed by atoms with van der Waals surface area (Å²) in [6.07, 6.45) is 8.00. The van der Waals surface area contributed by atoms with Gasteiger partial charge in [0.05, 0.1) is 18.4 Å². The third kappa shape index (κ3) is 3.71. The molecule has 2 aliphatic heterocycles. The van der Waals surface area contributed by atoms with E-state index in [-0.39, 0.29) is 42.0 Å². The normalized spacial score (nSPS) is 30.7. The van der Waals surface area contributed by atoms with E-state index < -0.39 is 12.1 Å². The van der Waals surface area contributed by atoms with Crippen molar-refractivity contribution in [2.24, 2.45) is 23.7 Å². The van der Waals surface area contributed by atoms with Crippen LogP contribution in [0.5, 0.6) is 0 Å². The number of allylic oxidation sites excluding steroid dienone is 2. The van der Waals surface area contributed by atoms with Gasteiger partial charge in [-0.25, -0.2) is 9.97 Å². The standard InChI is InChI=1S/C22H27N5O4/c1-14(28)31-17(12-25-7-9-26(10-8-25)22-23-5-2-6-24-22)13-27-20(29)18-15-3-4-16(11-15)19(18)21(27)30/h2-6,15-19H,7-13H2,1H3. The lowest BCUT2D eigenvalue weighted by Gasteiger charge is -2.36.